The van der Waals surface area contributed by atoms with Crippen molar-refractivity contribution in [3.8, 4) is 34.5 Å². The van der Waals surface area contributed by atoms with Crippen molar-refractivity contribution in [2.24, 2.45) is 5.90 Å². The fourth-order valence-corrected chi connectivity index (χ4v) is 12.7. The quantitative estimate of drug-likeness (QED) is 0.0188. The Morgan fingerprint density at radius 1 is 0.534 bits per heavy atom. The van der Waals surface area contributed by atoms with E-state index in [0.717, 1.165) is 9.80 Å². The van der Waals surface area contributed by atoms with Gasteiger partial charge in [-0.3, -0.25) is 19.2 Å². The smallest absolute Gasteiger partial charge is 0.416 e. The predicted octanol–water partition coefficient (Wildman–Crippen LogP) is -0.823. The largest absolute Gasteiger partial charge is 0.493 e. The number of nitrogens with zero attached hydrogens (tertiary/aromatic N) is 4. The van der Waals surface area contributed by atoms with E-state index in [-0.39, 0.29) is 145 Å². The van der Waals surface area contributed by atoms with E-state index in [2.05, 4.69) is 28.6 Å². The summed E-state index contributed by atoms with van der Waals surface area (Å²) in [5.41, 5.74) is 1.05. The van der Waals surface area contributed by atoms with Gasteiger partial charge in [0.25, 0.3) is 23.6 Å². The third-order valence-electron chi connectivity index (χ3n) is 18.1. The first kappa shape index (κ1) is 76.6. The SMILES string of the molecule is C=C1C[C@H]2C(O)N(C(=O)OCc3ccc(O[C@@H]4O[C@H](CO)[C@H](O)[C@H](O)[C@H]4O)c(C(=O)NCCOC)c3)c3cc(OCCCCCOc4cc5c(cc4OC)C(=O)N4CC(=C)C[C@H]4C(O)N5C(=O)OCc4ccc(O[C@@H]5O[C@H](CO)[C@H](O)[C@H](O)[C@H]5O)c(C(=O)NCCON)c4)c(OC)cc3C(=O)N2C1. The van der Waals surface area contributed by atoms with Crippen LogP contribution >= 0.6 is 0 Å². The lowest BCUT2D eigenvalue weighted by molar-refractivity contribution is -0.277. The second-order valence-electron chi connectivity index (χ2n) is 25.1. The van der Waals surface area contributed by atoms with Crippen LogP contribution in [0.4, 0.5) is 21.0 Å². The third kappa shape index (κ3) is 16.7. The predicted molar refractivity (Wildman–Crippen MR) is 354 cm³/mol. The number of aliphatic hydroxyl groups excluding tert-OH is 10. The molecule has 10 rings (SSSR count). The number of anilines is 2. The van der Waals surface area contributed by atoms with Crippen LogP contribution in [0.25, 0.3) is 0 Å². The Hall–Kier alpha value is -9.02. The highest BCUT2D eigenvalue weighted by Gasteiger charge is 2.50. The molecular weight excluding hydrogens is 1360 g/mol. The van der Waals surface area contributed by atoms with Crippen molar-refractivity contribution in [3.05, 3.63) is 118 Å². The highest BCUT2D eigenvalue weighted by molar-refractivity contribution is 6.07. The Balaban J connectivity index is 0.820. The summed E-state index contributed by atoms with van der Waals surface area (Å²) in [7, 11) is 4.14. The summed E-state index contributed by atoms with van der Waals surface area (Å²) in [6, 6.07) is 11.6. The van der Waals surface area contributed by atoms with Gasteiger partial charge in [0.1, 0.15) is 73.5 Å². The summed E-state index contributed by atoms with van der Waals surface area (Å²) in [4.78, 5) is 94.2. The van der Waals surface area contributed by atoms with Gasteiger partial charge in [-0.05, 0) is 79.6 Å². The molecule has 4 saturated heterocycles. The maximum absolute atomic E-state index is 14.5. The monoisotopic (exact) mass is 1450 g/mol. The molecule has 6 amide bonds. The van der Waals surface area contributed by atoms with Crippen LogP contribution in [-0.4, -0.2) is 270 Å². The van der Waals surface area contributed by atoms with Crippen LogP contribution in [0.2, 0.25) is 0 Å². The number of amides is 6. The number of nitrogens with two attached hydrogens (primary N) is 1. The molecule has 0 spiro atoms. The van der Waals surface area contributed by atoms with Crippen molar-refractivity contribution in [1.29, 1.82) is 0 Å². The number of aliphatic hydroxyl groups is 10. The number of methoxy groups -OCH3 is 3. The van der Waals surface area contributed by atoms with Gasteiger partial charge in [0, 0.05) is 45.4 Å². The maximum atomic E-state index is 14.5. The average Bonchev–Trinajstić information content (AvgIpc) is 1.65. The van der Waals surface area contributed by atoms with Crippen molar-refractivity contribution in [2.75, 3.05) is 96.9 Å². The van der Waals surface area contributed by atoms with Crippen LogP contribution in [0.15, 0.2) is 85.0 Å². The second kappa shape index (κ2) is 34.1. The minimum atomic E-state index is -1.83. The summed E-state index contributed by atoms with van der Waals surface area (Å²) in [5, 5.41) is 112. The van der Waals surface area contributed by atoms with Gasteiger partial charge in [-0.15, -0.1) is 0 Å². The van der Waals surface area contributed by atoms with Crippen LogP contribution in [0, 0.1) is 0 Å². The van der Waals surface area contributed by atoms with E-state index in [1.165, 1.54) is 91.8 Å². The van der Waals surface area contributed by atoms with Crippen LogP contribution in [0.1, 0.15) is 84.7 Å². The number of fused-ring (bicyclic) bond motifs is 4. The molecule has 6 heterocycles. The van der Waals surface area contributed by atoms with Crippen LogP contribution in [0.3, 0.4) is 0 Å². The highest BCUT2D eigenvalue weighted by Crippen LogP contribution is 2.45. The summed E-state index contributed by atoms with van der Waals surface area (Å²) in [5.74, 6) is 2.62. The zero-order chi connectivity index (χ0) is 74.1. The van der Waals surface area contributed by atoms with E-state index in [1.54, 1.807) is 0 Å². The number of ether oxygens (including phenoxy) is 11. The molecule has 0 bridgehead atoms. The summed E-state index contributed by atoms with van der Waals surface area (Å²) in [6.07, 6.45) is -20.7. The number of unbranched alkanes of at least 4 members (excludes halogenated alkanes) is 2. The van der Waals surface area contributed by atoms with E-state index >= 15 is 0 Å². The summed E-state index contributed by atoms with van der Waals surface area (Å²) in [6.45, 7) is 5.76. The number of benzene rings is 4. The zero-order valence-corrected chi connectivity index (χ0v) is 56.5. The number of hydrogen-bond acceptors (Lipinski definition) is 29. The number of carbonyl (C=O) groups is 6. The summed E-state index contributed by atoms with van der Waals surface area (Å²) < 4.78 is 63.3. The molecule has 14 atom stereocenters. The molecule has 103 heavy (non-hydrogen) atoms. The molecule has 0 aromatic heterocycles. The lowest BCUT2D eigenvalue weighted by atomic mass is 9.99. The molecule has 6 aliphatic rings. The topological polar surface area (TPSA) is 479 Å². The van der Waals surface area contributed by atoms with Gasteiger partial charge >= 0.3 is 12.2 Å². The van der Waals surface area contributed by atoms with Crippen LogP contribution < -0.4 is 54.8 Å². The Morgan fingerprint density at radius 3 is 1.34 bits per heavy atom. The van der Waals surface area contributed by atoms with E-state index < -0.39 is 148 Å². The molecule has 2 unspecified atom stereocenters. The van der Waals surface area contributed by atoms with Gasteiger partial charge in [0.15, 0.2) is 35.5 Å². The van der Waals surface area contributed by atoms with E-state index in [4.69, 9.17) is 58.0 Å². The average molecular weight is 1450 g/mol. The van der Waals surface area contributed by atoms with Gasteiger partial charge in [0.05, 0.1) is 99.6 Å². The fraction of sp³-hybridized carbons (Fsp3) is 0.500. The van der Waals surface area contributed by atoms with Gasteiger partial charge in [-0.1, -0.05) is 36.4 Å². The fourth-order valence-electron chi connectivity index (χ4n) is 12.7. The molecule has 0 aliphatic carbocycles. The lowest BCUT2D eigenvalue weighted by Crippen LogP contribution is -2.60. The molecule has 4 aromatic rings. The van der Waals surface area contributed by atoms with E-state index in [0.29, 0.717) is 30.4 Å². The van der Waals surface area contributed by atoms with Crippen LogP contribution in [-0.2, 0) is 41.7 Å². The van der Waals surface area contributed by atoms with Gasteiger partial charge in [0.2, 0.25) is 12.6 Å². The number of rotatable bonds is 28. The Kier molecular flexibility index (Phi) is 25.3. The molecule has 0 saturated carbocycles. The third-order valence-corrected chi connectivity index (χ3v) is 18.1. The molecule has 35 heteroatoms. The van der Waals surface area contributed by atoms with Crippen molar-refractivity contribution in [3.63, 3.8) is 0 Å². The van der Waals surface area contributed by atoms with Gasteiger partial charge < -0.3 is 128 Å². The first-order valence-corrected chi connectivity index (χ1v) is 33.0. The molecule has 560 valence electrons. The molecule has 14 N–H and O–H groups in total. The minimum absolute atomic E-state index is 0.0428. The van der Waals surface area contributed by atoms with Crippen molar-refractivity contribution < 1.29 is 137 Å². The first-order chi connectivity index (χ1) is 49.4. The molecule has 4 aromatic carbocycles. The van der Waals surface area contributed by atoms with Gasteiger partial charge in [-0.2, -0.15) is 0 Å². The Labute approximate surface area is 589 Å². The molecule has 6 aliphatic heterocycles. The zero-order valence-electron chi connectivity index (χ0n) is 56.5. The van der Waals surface area contributed by atoms with Crippen molar-refractivity contribution in [1.82, 2.24) is 20.4 Å². The molecular formula is C68H85N7O28. The first-order valence-electron chi connectivity index (χ1n) is 33.0. The standard InChI is InChI=1S/C68H85N7O28/c1-33-19-43-63(88)74(67(90)97-31-35-9-11-45(39(21-35)59(84)70-13-17-92-3)100-65-57(82)55(80)53(78)51(29-76)102-65)41-25-49(47(93-4)23-37(41)61(86)72(43)27-33)95-15-7-6-8-16-96-50-26-42-38(24-48(50)94-5)62(87)73-28-34(2)20-44(73)64(89)75(42)68(91)98-32-36-10-12-46(40(22-36)60(85)71-14-18-99-69)101-66-58(83)56(81)54(79)52(30-77)103-66/h9-12,21-26,43-44,51-58,63-66,76-83,88-89H,1-2,6-8,13-20,27-32,69H2,3-5H3,(H,70,84)(H,71,85)/t43-,44-,51+,52+,53-,54-,55-,56-,57+,58+,63?,64?,65+,66+/m0/s1. The minimum Gasteiger partial charge on any atom is -0.493 e. The van der Waals surface area contributed by atoms with Gasteiger partial charge in [-0.25, -0.2) is 25.3 Å². The van der Waals surface area contributed by atoms with E-state index in [9.17, 15) is 79.8 Å². The lowest BCUT2D eigenvalue weighted by Gasteiger charge is -2.39. The Bertz CT molecular complexity index is 3530. The van der Waals surface area contributed by atoms with Crippen molar-refractivity contribution >= 4 is 47.2 Å². The normalized spacial score (nSPS) is 25.9. The molecule has 0 radical (unpaired) electrons. The Morgan fingerprint density at radius 2 is 0.951 bits per heavy atom. The number of hydrogen-bond donors (Lipinski definition) is 13. The maximum Gasteiger partial charge on any atom is 0.416 e. The number of carbonyl (C=O) groups excluding carboxylic acids is 6. The van der Waals surface area contributed by atoms with E-state index in [1.807, 2.05) is 0 Å². The molecule has 35 nitrogen and oxygen atoms in total. The molecule has 4 fully saturated rings. The highest BCUT2D eigenvalue weighted by atomic mass is 16.7. The second-order valence-corrected chi connectivity index (χ2v) is 25.1. The van der Waals surface area contributed by atoms with Crippen LogP contribution in [0.5, 0.6) is 34.5 Å². The van der Waals surface area contributed by atoms with Crippen molar-refractivity contribution in [2.45, 2.75) is 131 Å². The number of nitrogens with one attached hydrogen (secondary N) is 2. The summed E-state index contributed by atoms with van der Waals surface area (Å²) >= 11 is 0.